The van der Waals surface area contributed by atoms with E-state index in [1.54, 1.807) is 0 Å². The van der Waals surface area contributed by atoms with Crippen LogP contribution in [0.25, 0.3) is 93.6 Å². The molecule has 0 saturated heterocycles. The fourth-order valence-electron chi connectivity index (χ4n) is 8.45. The number of fused-ring (bicyclic) bond motifs is 7. The Kier molecular flexibility index (Phi) is 7.17. The van der Waals surface area contributed by atoms with E-state index in [1.807, 2.05) is 12.1 Å². The van der Waals surface area contributed by atoms with Gasteiger partial charge in [-0.05, 0) is 70.1 Å². The molecule has 0 aliphatic rings. The number of aromatic nitrogens is 1. The normalized spacial score (nSPS) is 11.6. The Bertz CT molecular complexity index is 3220. The summed E-state index contributed by atoms with van der Waals surface area (Å²) in [7, 11) is 0. The number of furan rings is 1. The van der Waals surface area contributed by atoms with Crippen molar-refractivity contribution in [3.05, 3.63) is 200 Å². The van der Waals surface area contributed by atoms with Crippen LogP contribution < -0.4 is 5.32 Å². The van der Waals surface area contributed by atoms with Crippen LogP contribution in [0, 0.1) is 0 Å². The van der Waals surface area contributed by atoms with E-state index >= 15 is 0 Å². The summed E-state index contributed by atoms with van der Waals surface area (Å²) < 4.78 is 8.83. The third-order valence-electron chi connectivity index (χ3n) is 11.0. The summed E-state index contributed by atoms with van der Waals surface area (Å²) in [4.78, 5) is 0. The lowest BCUT2D eigenvalue weighted by Gasteiger charge is -2.16. The van der Waals surface area contributed by atoms with Crippen LogP contribution >= 0.6 is 0 Å². The van der Waals surface area contributed by atoms with Gasteiger partial charge in [-0.1, -0.05) is 158 Å². The summed E-state index contributed by atoms with van der Waals surface area (Å²) in [6, 6.07) is 71.5. The number of rotatable bonds is 6. The van der Waals surface area contributed by atoms with E-state index in [9.17, 15) is 0 Å². The van der Waals surface area contributed by atoms with Gasteiger partial charge in [0.15, 0.2) is 0 Å². The van der Waals surface area contributed by atoms with Gasteiger partial charge in [-0.3, -0.25) is 0 Å². The van der Waals surface area contributed by atoms with Crippen molar-refractivity contribution in [2.45, 2.75) is 0 Å². The van der Waals surface area contributed by atoms with Crippen LogP contribution in [0.1, 0.15) is 0 Å². The molecular formula is C52H34N2O. The first-order valence-corrected chi connectivity index (χ1v) is 18.8. The molecule has 3 heteroatoms. The average Bonchev–Trinajstić information content (AvgIpc) is 3.80. The van der Waals surface area contributed by atoms with Crippen LogP contribution in [0.15, 0.2) is 205 Å². The van der Waals surface area contributed by atoms with Gasteiger partial charge in [-0.2, -0.15) is 0 Å². The Hall–Kier alpha value is -7.36. The summed E-state index contributed by atoms with van der Waals surface area (Å²) in [5.74, 6) is 0. The molecule has 9 aromatic carbocycles. The average molecular weight is 703 g/mol. The van der Waals surface area contributed by atoms with Gasteiger partial charge in [0.2, 0.25) is 0 Å². The van der Waals surface area contributed by atoms with E-state index < -0.39 is 0 Å². The minimum absolute atomic E-state index is 0.908. The highest BCUT2D eigenvalue weighted by Gasteiger charge is 2.16. The molecule has 3 nitrogen and oxygen atoms in total. The molecule has 55 heavy (non-hydrogen) atoms. The maximum atomic E-state index is 6.45. The van der Waals surface area contributed by atoms with Crippen molar-refractivity contribution >= 4 is 65.9 Å². The first-order valence-electron chi connectivity index (χ1n) is 18.8. The zero-order chi connectivity index (χ0) is 36.3. The van der Waals surface area contributed by atoms with Gasteiger partial charge in [0, 0.05) is 55.1 Å². The van der Waals surface area contributed by atoms with Gasteiger partial charge < -0.3 is 14.3 Å². The van der Waals surface area contributed by atoms with Crippen molar-refractivity contribution in [3.8, 4) is 39.1 Å². The minimum Gasteiger partial charge on any atom is -0.455 e. The van der Waals surface area contributed by atoms with Crippen molar-refractivity contribution in [1.29, 1.82) is 0 Å². The lowest BCUT2D eigenvalue weighted by atomic mass is 9.95. The van der Waals surface area contributed by atoms with Crippen LogP contribution in [-0.2, 0) is 0 Å². The summed E-state index contributed by atoms with van der Waals surface area (Å²) in [5, 5.41) is 10.9. The van der Waals surface area contributed by atoms with Crippen molar-refractivity contribution in [2.24, 2.45) is 0 Å². The van der Waals surface area contributed by atoms with Crippen LogP contribution in [0.3, 0.4) is 0 Å². The number of hydrogen-bond donors (Lipinski definition) is 1. The molecule has 0 saturated carbocycles. The first kappa shape index (κ1) is 31.2. The summed E-state index contributed by atoms with van der Waals surface area (Å²) >= 11 is 0. The Labute approximate surface area is 318 Å². The van der Waals surface area contributed by atoms with Gasteiger partial charge in [0.1, 0.15) is 11.2 Å². The van der Waals surface area contributed by atoms with Gasteiger partial charge in [-0.15, -0.1) is 0 Å². The Morgan fingerprint density at radius 3 is 1.84 bits per heavy atom. The summed E-state index contributed by atoms with van der Waals surface area (Å²) in [5.41, 5.74) is 14.4. The second-order valence-corrected chi connectivity index (χ2v) is 14.2. The predicted octanol–water partition coefficient (Wildman–Crippen LogP) is 14.6. The molecule has 0 fully saturated rings. The molecule has 2 heterocycles. The smallest absolute Gasteiger partial charge is 0.143 e. The second kappa shape index (κ2) is 12.6. The van der Waals surface area contributed by atoms with Crippen molar-refractivity contribution in [3.63, 3.8) is 0 Å². The molecule has 0 bridgehead atoms. The highest BCUT2D eigenvalue weighted by Crippen LogP contribution is 2.41. The molecule has 0 amide bonds. The third kappa shape index (κ3) is 5.13. The lowest BCUT2D eigenvalue weighted by molar-refractivity contribution is 0.670. The van der Waals surface area contributed by atoms with E-state index in [2.05, 4.69) is 198 Å². The van der Waals surface area contributed by atoms with Gasteiger partial charge in [0.25, 0.3) is 0 Å². The quantitative estimate of drug-likeness (QED) is 0.187. The number of benzene rings is 9. The van der Waals surface area contributed by atoms with E-state index in [4.69, 9.17) is 4.42 Å². The maximum absolute atomic E-state index is 6.45. The molecule has 0 aliphatic heterocycles. The molecule has 2 aromatic heterocycles. The minimum atomic E-state index is 0.908. The van der Waals surface area contributed by atoms with Crippen molar-refractivity contribution in [2.75, 3.05) is 5.32 Å². The molecule has 0 radical (unpaired) electrons. The molecule has 1 N–H and O–H groups in total. The number of nitrogens with zero attached hydrogens (tertiary/aromatic N) is 1. The monoisotopic (exact) mass is 702 g/mol. The zero-order valence-corrected chi connectivity index (χ0v) is 29.9. The topological polar surface area (TPSA) is 30.1 Å². The van der Waals surface area contributed by atoms with Crippen molar-refractivity contribution in [1.82, 2.24) is 4.57 Å². The molecular weight excluding hydrogens is 669 g/mol. The van der Waals surface area contributed by atoms with Crippen molar-refractivity contribution < 1.29 is 4.42 Å². The Morgan fingerprint density at radius 1 is 0.345 bits per heavy atom. The van der Waals surface area contributed by atoms with E-state index in [0.717, 1.165) is 66.6 Å². The van der Waals surface area contributed by atoms with E-state index in [-0.39, 0.29) is 0 Å². The fourth-order valence-corrected chi connectivity index (χ4v) is 8.45. The SMILES string of the molecule is c1ccc(-n2c3ccccc3c3ccc(-c4ccc(-c5ccccc5Nc5cccc6c(-c7cccc8c7oc7ccccc78)cccc56)cc4)cc32)cc1. The predicted molar refractivity (Wildman–Crippen MR) is 232 cm³/mol. The standard InChI is InChI=1S/C52H34N2O/c1-2-13-37(14-3-1)54-49-25-8-5-16-42(49)43-32-31-36(33-50(43)54)34-27-29-35(30-28-34)38-15-4-7-23-47(38)53-48-24-12-19-39-40(18-10-20-41(39)48)45-21-11-22-46-44-17-6-9-26-51(44)55-52(45)46/h1-33,53H. The van der Waals surface area contributed by atoms with E-state index in [0.29, 0.717) is 0 Å². The van der Waals surface area contributed by atoms with Gasteiger partial charge in [-0.25, -0.2) is 0 Å². The van der Waals surface area contributed by atoms with Gasteiger partial charge >= 0.3 is 0 Å². The second-order valence-electron chi connectivity index (χ2n) is 14.2. The van der Waals surface area contributed by atoms with Crippen LogP contribution in [0.5, 0.6) is 0 Å². The maximum Gasteiger partial charge on any atom is 0.143 e. The highest BCUT2D eigenvalue weighted by atomic mass is 16.3. The lowest BCUT2D eigenvalue weighted by Crippen LogP contribution is -1.95. The van der Waals surface area contributed by atoms with Crippen LogP contribution in [0.2, 0.25) is 0 Å². The first-order chi connectivity index (χ1) is 27.3. The van der Waals surface area contributed by atoms with E-state index in [1.165, 1.54) is 38.3 Å². The third-order valence-corrected chi connectivity index (χ3v) is 11.0. The molecule has 0 aliphatic carbocycles. The summed E-state index contributed by atoms with van der Waals surface area (Å²) in [6.45, 7) is 0. The number of para-hydroxylation sites is 5. The highest BCUT2D eigenvalue weighted by molar-refractivity contribution is 6.14. The molecule has 0 atom stereocenters. The molecule has 11 aromatic rings. The number of anilines is 2. The molecule has 0 unspecified atom stereocenters. The van der Waals surface area contributed by atoms with Gasteiger partial charge in [0.05, 0.1) is 11.0 Å². The van der Waals surface area contributed by atoms with Crippen LogP contribution in [0.4, 0.5) is 11.4 Å². The number of nitrogens with one attached hydrogen (secondary N) is 1. The molecule has 11 rings (SSSR count). The van der Waals surface area contributed by atoms with Crippen LogP contribution in [-0.4, -0.2) is 4.57 Å². The fraction of sp³-hybridized carbons (Fsp3) is 0. The Morgan fingerprint density at radius 2 is 0.945 bits per heavy atom. The number of hydrogen-bond acceptors (Lipinski definition) is 2. The Balaban J connectivity index is 0.950. The molecule has 258 valence electrons. The molecule has 0 spiro atoms. The largest absolute Gasteiger partial charge is 0.455 e. The zero-order valence-electron chi connectivity index (χ0n) is 29.9. The summed E-state index contributed by atoms with van der Waals surface area (Å²) in [6.07, 6.45) is 0.